The van der Waals surface area contributed by atoms with Crippen molar-refractivity contribution in [1.82, 2.24) is 9.88 Å². The van der Waals surface area contributed by atoms with Gasteiger partial charge in [0.15, 0.2) is 5.13 Å². The summed E-state index contributed by atoms with van der Waals surface area (Å²) in [6.07, 6.45) is 0.274. The molecule has 3 amide bonds. The summed E-state index contributed by atoms with van der Waals surface area (Å²) in [4.78, 5) is 45.9. The van der Waals surface area contributed by atoms with Crippen molar-refractivity contribution < 1.29 is 19.1 Å². The average molecular weight is 449 g/mol. The maximum Gasteiger partial charge on any atom is 0.413 e. The highest BCUT2D eigenvalue weighted by molar-refractivity contribution is 7.15. The first-order chi connectivity index (χ1) is 14.4. The van der Waals surface area contributed by atoms with Crippen LogP contribution in [-0.2, 0) is 27.3 Å². The molecular weight excluding hydrogens is 428 g/mol. The van der Waals surface area contributed by atoms with E-state index in [0.717, 1.165) is 16.3 Å². The van der Waals surface area contributed by atoms with Crippen molar-refractivity contribution in [3.05, 3.63) is 39.9 Å². The topological polar surface area (TPSA) is 91.8 Å². The molecule has 1 aromatic carbocycles. The molecular formula is C20H21ClN4O4S. The quantitative estimate of drug-likeness (QED) is 0.774. The van der Waals surface area contributed by atoms with Crippen molar-refractivity contribution in [2.24, 2.45) is 5.92 Å². The second kappa shape index (κ2) is 8.61. The molecule has 4 rings (SSSR count). The number of anilines is 2. The summed E-state index contributed by atoms with van der Waals surface area (Å²) in [6, 6.07) is 7.04. The summed E-state index contributed by atoms with van der Waals surface area (Å²) < 4.78 is 4.88. The summed E-state index contributed by atoms with van der Waals surface area (Å²) >= 11 is 7.27. The molecule has 0 bridgehead atoms. The lowest BCUT2D eigenvalue weighted by Gasteiger charge is -2.28. The van der Waals surface area contributed by atoms with Crippen molar-refractivity contribution in [2.45, 2.75) is 26.3 Å². The van der Waals surface area contributed by atoms with Gasteiger partial charge in [0, 0.05) is 41.5 Å². The fraction of sp³-hybridized carbons (Fsp3) is 0.400. The van der Waals surface area contributed by atoms with Crippen LogP contribution in [0.4, 0.5) is 15.6 Å². The van der Waals surface area contributed by atoms with E-state index < -0.39 is 6.09 Å². The van der Waals surface area contributed by atoms with Crippen molar-refractivity contribution >= 4 is 51.7 Å². The predicted molar refractivity (Wildman–Crippen MR) is 114 cm³/mol. The van der Waals surface area contributed by atoms with Crippen LogP contribution in [0.25, 0.3) is 0 Å². The lowest BCUT2D eigenvalue weighted by Crippen LogP contribution is -2.40. The molecule has 1 aromatic heterocycles. The summed E-state index contributed by atoms with van der Waals surface area (Å²) in [6.45, 7) is 3.35. The first-order valence-corrected chi connectivity index (χ1v) is 10.9. The molecule has 1 atom stereocenters. The van der Waals surface area contributed by atoms with Gasteiger partial charge in [0.1, 0.15) is 0 Å². The summed E-state index contributed by atoms with van der Waals surface area (Å²) in [7, 11) is 0. The number of carbonyl (C=O) groups is 3. The van der Waals surface area contributed by atoms with E-state index in [-0.39, 0.29) is 30.8 Å². The van der Waals surface area contributed by atoms with Crippen molar-refractivity contribution in [2.75, 3.05) is 29.9 Å². The van der Waals surface area contributed by atoms with Crippen LogP contribution in [0.1, 0.15) is 23.9 Å². The minimum Gasteiger partial charge on any atom is -0.450 e. The fourth-order valence-electron chi connectivity index (χ4n) is 3.69. The summed E-state index contributed by atoms with van der Waals surface area (Å²) in [5.74, 6) is -0.467. The van der Waals surface area contributed by atoms with E-state index in [2.05, 4.69) is 10.3 Å². The largest absolute Gasteiger partial charge is 0.450 e. The number of hydrogen-bond acceptors (Lipinski definition) is 6. The highest BCUT2D eigenvalue weighted by atomic mass is 35.5. The second-order valence-corrected chi connectivity index (χ2v) is 8.65. The molecule has 2 aliphatic heterocycles. The van der Waals surface area contributed by atoms with Gasteiger partial charge in [-0.3, -0.25) is 14.9 Å². The Morgan fingerprint density at radius 3 is 2.83 bits per heavy atom. The number of nitrogens with zero attached hydrogens (tertiary/aromatic N) is 3. The van der Waals surface area contributed by atoms with Gasteiger partial charge in [-0.2, -0.15) is 0 Å². The number of nitrogens with one attached hydrogen (secondary N) is 1. The van der Waals surface area contributed by atoms with Crippen LogP contribution in [0.15, 0.2) is 24.3 Å². The molecule has 0 spiro atoms. The Hall–Kier alpha value is -2.65. The van der Waals surface area contributed by atoms with E-state index in [1.54, 1.807) is 41.0 Å². The van der Waals surface area contributed by atoms with Crippen molar-refractivity contribution in [1.29, 1.82) is 0 Å². The highest BCUT2D eigenvalue weighted by Crippen LogP contribution is 2.32. The highest BCUT2D eigenvalue weighted by Gasteiger charge is 2.38. The third kappa shape index (κ3) is 4.27. The van der Waals surface area contributed by atoms with Gasteiger partial charge in [0.2, 0.25) is 11.8 Å². The normalized spacial score (nSPS) is 18.3. The maximum atomic E-state index is 13.1. The number of amides is 3. The Morgan fingerprint density at radius 1 is 1.33 bits per heavy atom. The third-order valence-corrected chi connectivity index (χ3v) is 6.39. The van der Waals surface area contributed by atoms with Crippen LogP contribution in [-0.4, -0.2) is 47.5 Å². The molecule has 1 fully saturated rings. The van der Waals surface area contributed by atoms with Gasteiger partial charge in [-0.25, -0.2) is 9.78 Å². The number of hydrogen-bond donors (Lipinski definition) is 1. The van der Waals surface area contributed by atoms with E-state index in [4.69, 9.17) is 16.3 Å². The molecule has 2 aliphatic rings. The molecule has 1 N–H and O–H groups in total. The van der Waals surface area contributed by atoms with Crippen LogP contribution in [0.2, 0.25) is 5.02 Å². The Bertz CT molecular complexity index is 978. The Labute approximate surface area is 182 Å². The van der Waals surface area contributed by atoms with Gasteiger partial charge in [-0.05, 0) is 31.2 Å². The zero-order valence-electron chi connectivity index (χ0n) is 16.4. The molecule has 3 heterocycles. The fourth-order valence-corrected chi connectivity index (χ4v) is 4.83. The van der Waals surface area contributed by atoms with Gasteiger partial charge < -0.3 is 14.5 Å². The summed E-state index contributed by atoms with van der Waals surface area (Å²) in [5, 5.41) is 3.69. The Kier molecular flexibility index (Phi) is 5.92. The smallest absolute Gasteiger partial charge is 0.413 e. The second-order valence-electron chi connectivity index (χ2n) is 7.13. The predicted octanol–water partition coefficient (Wildman–Crippen LogP) is 3.30. The minimum absolute atomic E-state index is 0.0289. The molecule has 0 saturated carbocycles. The molecule has 1 saturated heterocycles. The molecule has 10 heteroatoms. The molecule has 8 nitrogen and oxygen atoms in total. The molecule has 1 unspecified atom stereocenters. The number of thiazole rings is 1. The Morgan fingerprint density at radius 2 is 2.10 bits per heavy atom. The number of rotatable bonds is 4. The Balaban J connectivity index is 1.40. The van der Waals surface area contributed by atoms with Crippen LogP contribution in [0.5, 0.6) is 0 Å². The standard InChI is InChI=1S/C20H21ClN4O4S/c1-2-29-20(28)23-19-22-15-7-8-24(11-16(15)30-19)18(27)12-9-17(26)25(10-12)14-5-3-13(21)4-6-14/h3-6,12H,2,7-11H2,1H3,(H,22,23,28). The first kappa shape index (κ1) is 20.6. The molecule has 2 aromatic rings. The third-order valence-electron chi connectivity index (χ3n) is 5.14. The van der Waals surface area contributed by atoms with E-state index >= 15 is 0 Å². The number of fused-ring (bicyclic) bond motifs is 1. The molecule has 0 aliphatic carbocycles. The van der Waals surface area contributed by atoms with Crippen LogP contribution in [0.3, 0.4) is 0 Å². The van der Waals surface area contributed by atoms with Crippen LogP contribution >= 0.6 is 22.9 Å². The minimum atomic E-state index is -0.539. The van der Waals surface area contributed by atoms with Gasteiger partial charge in [0.05, 0.1) is 24.8 Å². The maximum absolute atomic E-state index is 13.1. The van der Waals surface area contributed by atoms with Crippen LogP contribution in [0, 0.1) is 5.92 Å². The monoisotopic (exact) mass is 448 g/mol. The molecule has 30 heavy (non-hydrogen) atoms. The van der Waals surface area contributed by atoms with Crippen LogP contribution < -0.4 is 10.2 Å². The van der Waals surface area contributed by atoms with Gasteiger partial charge in [-0.15, -0.1) is 0 Å². The lowest BCUT2D eigenvalue weighted by atomic mass is 10.1. The summed E-state index contributed by atoms with van der Waals surface area (Å²) in [5.41, 5.74) is 1.64. The SMILES string of the molecule is CCOC(=O)Nc1nc2c(s1)CN(C(=O)C1CC(=O)N(c3ccc(Cl)cc3)C1)CC2. The zero-order valence-corrected chi connectivity index (χ0v) is 18.0. The van der Waals surface area contributed by atoms with Gasteiger partial charge in [0.25, 0.3) is 0 Å². The molecule has 0 radical (unpaired) electrons. The van der Waals surface area contributed by atoms with E-state index in [9.17, 15) is 14.4 Å². The first-order valence-electron chi connectivity index (χ1n) is 9.71. The average Bonchev–Trinajstić information content (AvgIpc) is 3.30. The van der Waals surface area contributed by atoms with E-state index in [1.165, 1.54) is 11.3 Å². The lowest BCUT2D eigenvalue weighted by molar-refractivity contribution is -0.136. The molecule has 158 valence electrons. The number of carbonyl (C=O) groups excluding carboxylic acids is 3. The number of benzene rings is 1. The van der Waals surface area contributed by atoms with Gasteiger partial charge in [-0.1, -0.05) is 22.9 Å². The van der Waals surface area contributed by atoms with Gasteiger partial charge >= 0.3 is 6.09 Å². The van der Waals surface area contributed by atoms with Crippen molar-refractivity contribution in [3.8, 4) is 0 Å². The van der Waals surface area contributed by atoms with E-state index in [0.29, 0.717) is 36.2 Å². The number of aromatic nitrogens is 1. The number of halogens is 1. The van der Waals surface area contributed by atoms with E-state index in [1.807, 2.05) is 0 Å². The van der Waals surface area contributed by atoms with Crippen molar-refractivity contribution in [3.63, 3.8) is 0 Å². The zero-order chi connectivity index (χ0) is 21.3. The number of ether oxygens (including phenoxy) is 1.